The lowest BCUT2D eigenvalue weighted by Gasteiger charge is -2.08. The van der Waals surface area contributed by atoms with Crippen molar-refractivity contribution in [2.24, 2.45) is 5.10 Å². The number of anilines is 1. The van der Waals surface area contributed by atoms with Gasteiger partial charge in [0.2, 0.25) is 0 Å². The third-order valence-corrected chi connectivity index (χ3v) is 2.75. The molecule has 0 aliphatic rings. The molecule has 0 saturated carbocycles. The van der Waals surface area contributed by atoms with E-state index in [1.54, 1.807) is 12.1 Å². The van der Waals surface area contributed by atoms with Gasteiger partial charge >= 0.3 is 0 Å². The molecule has 0 radical (unpaired) electrons. The predicted molar refractivity (Wildman–Crippen MR) is 72.2 cm³/mol. The third kappa shape index (κ3) is 2.99. The van der Waals surface area contributed by atoms with Gasteiger partial charge in [-0.25, -0.2) is 0 Å². The molecule has 0 unspecified atom stereocenters. The lowest BCUT2D eigenvalue weighted by Crippen LogP contribution is -2.00. The monoisotopic (exact) mass is 326 g/mol. The van der Waals surface area contributed by atoms with E-state index in [2.05, 4.69) is 36.6 Å². The maximum absolute atomic E-state index is 9.78. The average molecular weight is 327 g/mol. The summed E-state index contributed by atoms with van der Waals surface area (Å²) in [5.74, 6) is 0.489. The number of phenolic OH excluding ortho intramolecular Hbond substituents is 1. The normalized spacial score (nSPS) is 11.1. The number of phenols is 1. The Kier molecular flexibility index (Phi) is 3.95. The Morgan fingerprint density at radius 3 is 3.00 bits per heavy atom. The molecular formula is C10H11BrN6O2. The number of nitrogens with zero attached hydrogens (tertiary/aromatic N) is 5. The molecule has 0 atom stereocenters. The standard InChI is InChI=1S/C10H11BrN6O2/c1-2-19-8-4-6(3-7(11)9(8)18)5-13-17-10(12)14-15-16-17/h3-5,18H,2H2,1H3,(H2,12,14,16)/b13-5+. The van der Waals surface area contributed by atoms with Crippen LogP contribution < -0.4 is 10.5 Å². The number of hydrogen-bond acceptors (Lipinski definition) is 7. The summed E-state index contributed by atoms with van der Waals surface area (Å²) in [5.41, 5.74) is 6.17. The maximum Gasteiger partial charge on any atom is 0.263 e. The summed E-state index contributed by atoms with van der Waals surface area (Å²) < 4.78 is 5.81. The highest BCUT2D eigenvalue weighted by Crippen LogP contribution is 2.35. The summed E-state index contributed by atoms with van der Waals surface area (Å²) in [6.07, 6.45) is 1.50. The van der Waals surface area contributed by atoms with Crippen molar-refractivity contribution in [3.63, 3.8) is 0 Å². The summed E-state index contributed by atoms with van der Waals surface area (Å²) in [6, 6.07) is 3.33. The van der Waals surface area contributed by atoms with E-state index >= 15 is 0 Å². The largest absolute Gasteiger partial charge is 0.503 e. The zero-order valence-electron chi connectivity index (χ0n) is 9.99. The van der Waals surface area contributed by atoms with Crippen LogP contribution in [0.4, 0.5) is 5.95 Å². The predicted octanol–water partition coefficient (Wildman–Crippen LogP) is 1.00. The first-order valence-electron chi connectivity index (χ1n) is 5.35. The zero-order valence-corrected chi connectivity index (χ0v) is 11.6. The summed E-state index contributed by atoms with van der Waals surface area (Å²) in [6.45, 7) is 2.27. The molecule has 8 nitrogen and oxygen atoms in total. The van der Waals surface area contributed by atoms with Crippen LogP contribution in [0.25, 0.3) is 0 Å². The van der Waals surface area contributed by atoms with E-state index in [-0.39, 0.29) is 11.7 Å². The lowest BCUT2D eigenvalue weighted by molar-refractivity contribution is 0.317. The van der Waals surface area contributed by atoms with Crippen LogP contribution in [0.3, 0.4) is 0 Å². The number of hydrogen-bond donors (Lipinski definition) is 2. The highest BCUT2D eigenvalue weighted by Gasteiger charge is 2.08. The molecule has 0 saturated heterocycles. The third-order valence-electron chi connectivity index (χ3n) is 2.14. The second kappa shape index (κ2) is 5.65. The second-order valence-corrected chi connectivity index (χ2v) is 4.31. The van der Waals surface area contributed by atoms with Gasteiger partial charge in [-0.2, -0.15) is 5.10 Å². The quantitative estimate of drug-likeness (QED) is 0.811. The van der Waals surface area contributed by atoms with Gasteiger partial charge in [0.25, 0.3) is 5.95 Å². The number of ether oxygens (including phenoxy) is 1. The molecule has 1 aromatic heterocycles. The first-order valence-corrected chi connectivity index (χ1v) is 6.14. The summed E-state index contributed by atoms with van der Waals surface area (Å²) >= 11 is 3.24. The van der Waals surface area contributed by atoms with Crippen LogP contribution in [0, 0.1) is 0 Å². The average Bonchev–Trinajstić information content (AvgIpc) is 2.78. The van der Waals surface area contributed by atoms with E-state index in [9.17, 15) is 5.11 Å². The molecule has 0 fully saturated rings. The molecular weight excluding hydrogens is 316 g/mol. The molecule has 1 heterocycles. The lowest BCUT2D eigenvalue weighted by atomic mass is 10.2. The zero-order chi connectivity index (χ0) is 13.8. The van der Waals surface area contributed by atoms with Crippen molar-refractivity contribution >= 4 is 28.1 Å². The number of aromatic nitrogens is 4. The van der Waals surface area contributed by atoms with E-state index in [0.717, 1.165) is 4.79 Å². The molecule has 0 aliphatic heterocycles. The Balaban J connectivity index is 2.30. The second-order valence-electron chi connectivity index (χ2n) is 3.45. The van der Waals surface area contributed by atoms with E-state index < -0.39 is 0 Å². The molecule has 0 amide bonds. The minimum atomic E-state index is 0.0425. The summed E-state index contributed by atoms with van der Waals surface area (Å²) in [7, 11) is 0. The van der Waals surface area contributed by atoms with Crippen molar-refractivity contribution in [3.8, 4) is 11.5 Å². The van der Waals surface area contributed by atoms with Gasteiger partial charge in [0.1, 0.15) is 0 Å². The first kappa shape index (κ1) is 13.3. The number of benzene rings is 1. The van der Waals surface area contributed by atoms with E-state index in [1.165, 1.54) is 6.21 Å². The van der Waals surface area contributed by atoms with Crippen LogP contribution in [0.15, 0.2) is 21.7 Å². The number of tetrazole rings is 1. The van der Waals surface area contributed by atoms with Crippen LogP contribution >= 0.6 is 15.9 Å². The van der Waals surface area contributed by atoms with Gasteiger partial charge < -0.3 is 15.6 Å². The number of halogens is 1. The fourth-order valence-corrected chi connectivity index (χ4v) is 1.79. The van der Waals surface area contributed by atoms with Gasteiger partial charge in [0.15, 0.2) is 11.5 Å². The molecule has 1 aromatic carbocycles. The topological polar surface area (TPSA) is 111 Å². The van der Waals surface area contributed by atoms with E-state index in [4.69, 9.17) is 10.5 Å². The SMILES string of the molecule is CCOc1cc(/C=N/n2nnnc2N)cc(Br)c1O. The van der Waals surface area contributed by atoms with Gasteiger partial charge in [0, 0.05) is 0 Å². The maximum atomic E-state index is 9.78. The molecule has 19 heavy (non-hydrogen) atoms. The van der Waals surface area contributed by atoms with Crippen molar-refractivity contribution in [2.45, 2.75) is 6.92 Å². The summed E-state index contributed by atoms with van der Waals surface area (Å²) in [5, 5.41) is 24.2. The molecule has 9 heteroatoms. The van der Waals surface area contributed by atoms with Crippen LogP contribution in [0.2, 0.25) is 0 Å². The minimum absolute atomic E-state index is 0.0425. The Morgan fingerprint density at radius 1 is 1.58 bits per heavy atom. The Labute approximate surface area is 117 Å². The molecule has 0 spiro atoms. The molecule has 0 bridgehead atoms. The fourth-order valence-electron chi connectivity index (χ4n) is 1.33. The smallest absolute Gasteiger partial charge is 0.263 e. The highest BCUT2D eigenvalue weighted by atomic mass is 79.9. The molecule has 2 aromatic rings. The fraction of sp³-hybridized carbons (Fsp3) is 0.200. The van der Waals surface area contributed by atoms with Crippen molar-refractivity contribution < 1.29 is 9.84 Å². The van der Waals surface area contributed by atoms with Crippen molar-refractivity contribution in [2.75, 3.05) is 12.3 Å². The van der Waals surface area contributed by atoms with Gasteiger partial charge in [0.05, 0.1) is 17.3 Å². The van der Waals surface area contributed by atoms with Crippen LogP contribution in [-0.4, -0.2) is 38.2 Å². The van der Waals surface area contributed by atoms with Crippen molar-refractivity contribution in [3.05, 3.63) is 22.2 Å². The van der Waals surface area contributed by atoms with Crippen molar-refractivity contribution in [1.29, 1.82) is 0 Å². The Morgan fingerprint density at radius 2 is 2.37 bits per heavy atom. The van der Waals surface area contributed by atoms with Crippen LogP contribution in [0.5, 0.6) is 11.5 Å². The molecule has 0 aliphatic carbocycles. The van der Waals surface area contributed by atoms with Gasteiger partial charge in [-0.3, -0.25) is 0 Å². The van der Waals surface area contributed by atoms with Crippen LogP contribution in [-0.2, 0) is 0 Å². The summed E-state index contributed by atoms with van der Waals surface area (Å²) in [4.78, 5) is 1.08. The molecule has 100 valence electrons. The van der Waals surface area contributed by atoms with E-state index in [0.29, 0.717) is 22.4 Å². The Hall–Kier alpha value is -2.16. The number of aromatic hydroxyl groups is 1. The Bertz CT molecular complexity index is 612. The first-order chi connectivity index (χ1) is 9.11. The van der Waals surface area contributed by atoms with Gasteiger partial charge in [-0.1, -0.05) is 9.89 Å². The van der Waals surface area contributed by atoms with Crippen LogP contribution in [0.1, 0.15) is 12.5 Å². The van der Waals surface area contributed by atoms with Gasteiger partial charge in [-0.15, -0.1) is 0 Å². The minimum Gasteiger partial charge on any atom is -0.503 e. The number of rotatable bonds is 4. The highest BCUT2D eigenvalue weighted by molar-refractivity contribution is 9.10. The number of nitrogens with two attached hydrogens (primary N) is 1. The molecule has 2 rings (SSSR count). The van der Waals surface area contributed by atoms with E-state index in [1.807, 2.05) is 6.92 Å². The number of nitrogen functional groups attached to an aromatic ring is 1. The van der Waals surface area contributed by atoms with Crippen molar-refractivity contribution in [1.82, 2.24) is 20.3 Å². The molecule has 3 N–H and O–H groups in total. The van der Waals surface area contributed by atoms with Gasteiger partial charge in [-0.05, 0) is 51.0 Å².